The Labute approximate surface area is 217 Å². The molecular weight excluding hydrogens is 468 g/mol. The van der Waals surface area contributed by atoms with Crippen molar-refractivity contribution in [2.75, 3.05) is 24.7 Å². The first-order valence-corrected chi connectivity index (χ1v) is 12.9. The number of phenolic OH excluding ortho intramolecular Hbond substituents is 1. The van der Waals surface area contributed by atoms with Gasteiger partial charge in [-0.05, 0) is 37.0 Å². The van der Waals surface area contributed by atoms with Gasteiger partial charge >= 0.3 is 0 Å². The molecule has 8 nitrogen and oxygen atoms in total. The van der Waals surface area contributed by atoms with Crippen LogP contribution >= 0.6 is 0 Å². The van der Waals surface area contributed by atoms with Crippen LogP contribution in [-0.4, -0.2) is 40.1 Å². The number of nitrogens with one attached hydrogen (secondary N) is 3. The van der Waals surface area contributed by atoms with Gasteiger partial charge in [0, 0.05) is 20.0 Å². The first kappa shape index (κ1) is 26.1. The average Bonchev–Trinajstić information content (AvgIpc) is 2.91. The Kier molecular flexibility index (Phi) is 8.06. The fourth-order valence-electron chi connectivity index (χ4n) is 5.03. The van der Waals surface area contributed by atoms with Gasteiger partial charge in [0.1, 0.15) is 11.4 Å². The highest BCUT2D eigenvalue weighted by Crippen LogP contribution is 2.43. The second kappa shape index (κ2) is 11.4. The molecule has 0 aliphatic heterocycles. The molecule has 0 unspecified atom stereocenters. The molecule has 0 bridgehead atoms. The number of rotatable bonds is 8. The number of para-hydroxylation sites is 1. The lowest BCUT2D eigenvalue weighted by Gasteiger charge is -2.26. The number of nitrogens with zero attached hydrogens (tertiary/aromatic N) is 1. The normalized spacial score (nSPS) is 14.7. The Morgan fingerprint density at radius 2 is 1.70 bits per heavy atom. The van der Waals surface area contributed by atoms with Crippen LogP contribution < -0.4 is 16.2 Å². The van der Waals surface area contributed by atoms with E-state index in [2.05, 4.69) is 15.6 Å². The van der Waals surface area contributed by atoms with Gasteiger partial charge in [0.05, 0.1) is 23.0 Å². The number of hydrogen-bond donors (Lipinski definition) is 5. The lowest BCUT2D eigenvalue weighted by atomic mass is 9.86. The highest BCUT2D eigenvalue weighted by atomic mass is 16.3. The van der Waals surface area contributed by atoms with Crippen LogP contribution in [0.1, 0.15) is 79.0 Å². The van der Waals surface area contributed by atoms with Crippen LogP contribution in [0.15, 0.2) is 53.3 Å². The molecule has 1 fully saturated rings. The van der Waals surface area contributed by atoms with Crippen LogP contribution in [0.2, 0.25) is 0 Å². The van der Waals surface area contributed by atoms with Crippen molar-refractivity contribution in [2.24, 2.45) is 0 Å². The van der Waals surface area contributed by atoms with Crippen LogP contribution in [0.5, 0.6) is 11.5 Å². The van der Waals surface area contributed by atoms with E-state index in [-0.39, 0.29) is 57.6 Å². The van der Waals surface area contributed by atoms with Crippen molar-refractivity contribution in [1.29, 1.82) is 0 Å². The zero-order chi connectivity index (χ0) is 26.5. The molecule has 3 aromatic rings. The molecule has 0 radical (unpaired) electrons. The Hall–Kier alpha value is -3.94. The number of aromatic nitrogens is 1. The third-order valence-electron chi connectivity index (χ3n) is 7.09. The Balaban J connectivity index is 1.82. The summed E-state index contributed by atoms with van der Waals surface area (Å²) in [6, 6.07) is 14.4. The van der Waals surface area contributed by atoms with Gasteiger partial charge in [-0.15, -0.1) is 0 Å². The van der Waals surface area contributed by atoms with E-state index in [1.807, 2.05) is 37.3 Å². The topological polar surface area (TPSA) is 118 Å². The molecule has 1 saturated carbocycles. The van der Waals surface area contributed by atoms with E-state index in [0.717, 1.165) is 37.7 Å². The average molecular weight is 505 g/mol. The molecule has 4 rings (SSSR count). The predicted octanol–water partition coefficient (Wildman–Crippen LogP) is 5.84. The van der Waals surface area contributed by atoms with Gasteiger partial charge in [0.15, 0.2) is 11.5 Å². The van der Waals surface area contributed by atoms with Crippen LogP contribution in [0, 0.1) is 0 Å². The van der Waals surface area contributed by atoms with E-state index < -0.39 is 0 Å². The number of pyridine rings is 1. The van der Waals surface area contributed by atoms with E-state index in [0.29, 0.717) is 12.1 Å². The van der Waals surface area contributed by atoms with Crippen molar-refractivity contribution in [2.45, 2.75) is 57.4 Å². The van der Waals surface area contributed by atoms with Crippen molar-refractivity contribution in [1.82, 2.24) is 9.88 Å². The number of phenols is 1. The van der Waals surface area contributed by atoms with Gasteiger partial charge in [0.2, 0.25) is 0 Å². The number of aromatic hydroxyl groups is 2. The number of anilines is 3. The van der Waals surface area contributed by atoms with Crippen LogP contribution in [-0.2, 0) is 0 Å². The second-order valence-electron chi connectivity index (χ2n) is 9.84. The minimum Gasteiger partial charge on any atom is -0.505 e. The molecule has 2 aromatic carbocycles. The van der Waals surface area contributed by atoms with Gasteiger partial charge in [-0.1, -0.05) is 62.6 Å². The van der Waals surface area contributed by atoms with Crippen LogP contribution in [0.4, 0.5) is 17.1 Å². The molecule has 1 aromatic heterocycles. The number of carbonyl (C=O) groups is 1. The zero-order valence-electron chi connectivity index (χ0n) is 21.7. The molecule has 196 valence electrons. The summed E-state index contributed by atoms with van der Waals surface area (Å²) < 4.78 is 0. The summed E-state index contributed by atoms with van der Waals surface area (Å²) in [6.45, 7) is 2.02. The number of H-pyrrole nitrogens is 1. The minimum absolute atomic E-state index is 0.0439. The highest BCUT2D eigenvalue weighted by molar-refractivity contribution is 5.99. The molecule has 1 heterocycles. The van der Waals surface area contributed by atoms with E-state index >= 15 is 0 Å². The molecule has 37 heavy (non-hydrogen) atoms. The van der Waals surface area contributed by atoms with Crippen molar-refractivity contribution >= 4 is 23.0 Å². The largest absolute Gasteiger partial charge is 0.505 e. The monoisotopic (exact) mass is 504 g/mol. The predicted molar refractivity (Wildman–Crippen MR) is 147 cm³/mol. The standard InChI is InChI=1S/C29H36N4O4/c1-4-21(18-12-7-5-8-13-18)30-25-24(27(35)23(32-28(25)36)19-14-9-6-10-15-19)31-22-17-11-16-20(26(22)34)29(37)33(2)3/h5,7-8,11-13,16-17,19,21,30,34-35H,4,6,9-10,14-15H2,1-3H3,(H2,31,32,36)/t21-/m1/s1. The van der Waals surface area contributed by atoms with E-state index in [9.17, 15) is 19.8 Å². The smallest absolute Gasteiger partial charge is 0.273 e. The number of benzene rings is 2. The quantitative estimate of drug-likeness (QED) is 0.246. The number of hydrogen-bond acceptors (Lipinski definition) is 6. The molecule has 0 spiro atoms. The van der Waals surface area contributed by atoms with Gasteiger partial charge < -0.3 is 30.7 Å². The molecule has 5 N–H and O–H groups in total. The van der Waals surface area contributed by atoms with Crippen LogP contribution in [0.25, 0.3) is 0 Å². The Morgan fingerprint density at radius 1 is 1.00 bits per heavy atom. The Morgan fingerprint density at radius 3 is 2.35 bits per heavy atom. The van der Waals surface area contributed by atoms with E-state index in [1.54, 1.807) is 26.2 Å². The molecule has 1 amide bonds. The fourth-order valence-corrected chi connectivity index (χ4v) is 5.03. The van der Waals surface area contributed by atoms with Crippen molar-refractivity contribution < 1.29 is 15.0 Å². The van der Waals surface area contributed by atoms with Crippen LogP contribution in [0.3, 0.4) is 0 Å². The zero-order valence-corrected chi connectivity index (χ0v) is 21.7. The number of carbonyl (C=O) groups excluding carboxylic acids is 1. The van der Waals surface area contributed by atoms with Crippen molar-refractivity contribution in [3.8, 4) is 11.5 Å². The van der Waals surface area contributed by atoms with Gasteiger partial charge in [-0.25, -0.2) is 0 Å². The molecule has 1 aliphatic rings. The summed E-state index contributed by atoms with van der Waals surface area (Å²) in [5.74, 6) is -0.614. The maximum atomic E-state index is 13.5. The number of aromatic amines is 1. The first-order valence-electron chi connectivity index (χ1n) is 12.9. The molecule has 8 heteroatoms. The third kappa shape index (κ3) is 5.58. The number of amides is 1. The second-order valence-corrected chi connectivity index (χ2v) is 9.84. The minimum atomic E-state index is -0.354. The van der Waals surface area contributed by atoms with E-state index in [4.69, 9.17) is 0 Å². The lowest BCUT2D eigenvalue weighted by Crippen LogP contribution is -2.23. The summed E-state index contributed by atoms with van der Waals surface area (Å²) in [7, 11) is 3.22. The SMILES string of the molecule is CC[C@@H](Nc1c(Nc2cccc(C(=O)N(C)C)c2O)c(O)c(C2CCCCC2)[nH]c1=O)c1ccccc1. The molecule has 1 aliphatic carbocycles. The molecular formula is C29H36N4O4. The van der Waals surface area contributed by atoms with E-state index in [1.165, 1.54) is 11.0 Å². The molecule has 1 atom stereocenters. The van der Waals surface area contributed by atoms with Gasteiger partial charge in [-0.2, -0.15) is 0 Å². The summed E-state index contributed by atoms with van der Waals surface area (Å²) >= 11 is 0. The summed E-state index contributed by atoms with van der Waals surface area (Å²) in [5.41, 5.74) is 1.87. The third-order valence-corrected chi connectivity index (χ3v) is 7.09. The molecule has 0 saturated heterocycles. The first-order chi connectivity index (χ1) is 17.8. The van der Waals surface area contributed by atoms with Gasteiger partial charge in [-0.3, -0.25) is 9.59 Å². The summed E-state index contributed by atoms with van der Waals surface area (Å²) in [6.07, 6.45) is 5.69. The summed E-state index contributed by atoms with van der Waals surface area (Å²) in [5, 5.41) is 28.9. The summed E-state index contributed by atoms with van der Waals surface area (Å²) in [4.78, 5) is 30.4. The van der Waals surface area contributed by atoms with Crippen molar-refractivity contribution in [3.05, 3.63) is 75.7 Å². The van der Waals surface area contributed by atoms with Gasteiger partial charge in [0.25, 0.3) is 11.5 Å². The van der Waals surface area contributed by atoms with Crippen molar-refractivity contribution in [3.63, 3.8) is 0 Å². The fraction of sp³-hybridized carbons (Fsp3) is 0.379. The highest BCUT2D eigenvalue weighted by Gasteiger charge is 2.27. The maximum Gasteiger partial charge on any atom is 0.273 e. The maximum absolute atomic E-state index is 13.5. The lowest BCUT2D eigenvalue weighted by molar-refractivity contribution is 0.0824. The Bertz CT molecular complexity index is 1300.